The molecule has 0 bridgehead atoms. The van der Waals surface area contributed by atoms with Gasteiger partial charge >= 0.3 is 0 Å². The number of benzene rings is 1. The molecule has 0 unspecified atom stereocenters. The molecule has 0 aliphatic carbocycles. The van der Waals surface area contributed by atoms with Crippen molar-refractivity contribution in [3.63, 3.8) is 0 Å². The van der Waals surface area contributed by atoms with Gasteiger partial charge in [-0.1, -0.05) is 13.3 Å². The molecule has 1 saturated heterocycles. The maximum absolute atomic E-state index is 7.77. The Kier molecular flexibility index (Phi) is 4.83. The summed E-state index contributed by atoms with van der Waals surface area (Å²) in [6, 6.07) is 9.12. The number of hydrogen-bond donors (Lipinski definition) is 2. The third-order valence-corrected chi connectivity index (χ3v) is 3.99. The average molecular weight is 259 g/mol. The second-order valence-corrected chi connectivity index (χ2v) is 5.30. The van der Waals surface area contributed by atoms with Gasteiger partial charge in [0.2, 0.25) is 0 Å². The van der Waals surface area contributed by atoms with Crippen LogP contribution in [-0.4, -0.2) is 25.5 Å². The molecule has 2 N–H and O–H groups in total. The summed E-state index contributed by atoms with van der Waals surface area (Å²) in [7, 11) is 1.79. The first kappa shape index (κ1) is 13.9. The fourth-order valence-corrected chi connectivity index (χ4v) is 2.94. The Labute approximate surface area is 116 Å². The van der Waals surface area contributed by atoms with Crippen molar-refractivity contribution in [2.24, 2.45) is 0 Å². The normalized spacial score (nSPS) is 19.3. The number of amidine groups is 1. The molecule has 19 heavy (non-hydrogen) atoms. The van der Waals surface area contributed by atoms with Crippen LogP contribution in [0, 0.1) is 5.41 Å². The van der Waals surface area contributed by atoms with E-state index in [1.807, 2.05) is 12.1 Å². The van der Waals surface area contributed by atoms with Crippen LogP contribution >= 0.6 is 0 Å². The predicted octanol–water partition coefficient (Wildman–Crippen LogP) is 3.39. The van der Waals surface area contributed by atoms with Crippen molar-refractivity contribution in [1.82, 2.24) is 5.32 Å². The number of hydrogen-bond acceptors (Lipinski definition) is 2. The van der Waals surface area contributed by atoms with E-state index in [0.717, 1.165) is 5.56 Å². The van der Waals surface area contributed by atoms with Crippen LogP contribution in [0.25, 0.3) is 0 Å². The van der Waals surface area contributed by atoms with E-state index in [0.29, 0.717) is 11.9 Å². The summed E-state index contributed by atoms with van der Waals surface area (Å²) in [6.07, 6.45) is 6.53. The fraction of sp³-hybridized carbons (Fsp3) is 0.562. The van der Waals surface area contributed by atoms with Gasteiger partial charge in [-0.25, -0.2) is 0 Å². The van der Waals surface area contributed by atoms with E-state index in [1.165, 1.54) is 44.3 Å². The van der Waals surface area contributed by atoms with Crippen LogP contribution in [0.5, 0.6) is 0 Å². The largest absolute Gasteiger partial charge is 0.373 e. The summed E-state index contributed by atoms with van der Waals surface area (Å²) in [6.45, 7) is 3.44. The Morgan fingerprint density at radius 3 is 2.68 bits per heavy atom. The van der Waals surface area contributed by atoms with E-state index in [1.54, 1.807) is 7.05 Å². The molecule has 1 aliphatic heterocycles. The molecule has 1 fully saturated rings. The van der Waals surface area contributed by atoms with Crippen LogP contribution in [0.1, 0.15) is 44.6 Å². The molecule has 1 heterocycles. The molecule has 1 aliphatic rings. The lowest BCUT2D eigenvalue weighted by atomic mass is 9.97. The predicted molar refractivity (Wildman–Crippen MR) is 82.2 cm³/mol. The van der Waals surface area contributed by atoms with Gasteiger partial charge in [0.25, 0.3) is 0 Å². The van der Waals surface area contributed by atoms with Crippen LogP contribution < -0.4 is 10.2 Å². The molecular weight excluding hydrogens is 234 g/mol. The van der Waals surface area contributed by atoms with Crippen LogP contribution in [0.2, 0.25) is 0 Å². The lowest BCUT2D eigenvalue weighted by Gasteiger charge is -2.37. The molecule has 1 aromatic carbocycles. The monoisotopic (exact) mass is 259 g/mol. The first-order valence-corrected chi connectivity index (χ1v) is 7.39. The summed E-state index contributed by atoms with van der Waals surface area (Å²) >= 11 is 0. The third kappa shape index (κ3) is 3.28. The fourth-order valence-electron chi connectivity index (χ4n) is 2.94. The maximum atomic E-state index is 7.77. The van der Waals surface area contributed by atoms with Gasteiger partial charge in [-0.2, -0.15) is 0 Å². The Balaban J connectivity index is 2.13. The zero-order valence-corrected chi connectivity index (χ0v) is 12.1. The van der Waals surface area contributed by atoms with E-state index in [2.05, 4.69) is 29.3 Å². The summed E-state index contributed by atoms with van der Waals surface area (Å²) < 4.78 is 0. The smallest absolute Gasteiger partial charge is 0.125 e. The lowest BCUT2D eigenvalue weighted by molar-refractivity contribution is 0.435. The number of anilines is 1. The van der Waals surface area contributed by atoms with Gasteiger partial charge in [-0.15, -0.1) is 0 Å². The molecule has 1 aromatic rings. The molecule has 1 atom stereocenters. The number of rotatable bonds is 4. The third-order valence-electron chi connectivity index (χ3n) is 3.99. The van der Waals surface area contributed by atoms with Gasteiger partial charge < -0.3 is 10.2 Å². The highest BCUT2D eigenvalue weighted by atomic mass is 15.2. The molecule has 3 heteroatoms. The van der Waals surface area contributed by atoms with Gasteiger partial charge in [0, 0.05) is 30.9 Å². The zero-order valence-electron chi connectivity index (χ0n) is 12.1. The van der Waals surface area contributed by atoms with Gasteiger partial charge in [0.1, 0.15) is 5.84 Å². The minimum absolute atomic E-state index is 0.482. The summed E-state index contributed by atoms with van der Waals surface area (Å²) in [5, 5.41) is 10.7. The van der Waals surface area contributed by atoms with Crippen LogP contribution in [0.3, 0.4) is 0 Å². The summed E-state index contributed by atoms with van der Waals surface area (Å²) in [4.78, 5) is 2.56. The van der Waals surface area contributed by atoms with E-state index >= 15 is 0 Å². The Bertz CT molecular complexity index is 409. The van der Waals surface area contributed by atoms with E-state index in [-0.39, 0.29) is 0 Å². The molecule has 0 radical (unpaired) electrons. The van der Waals surface area contributed by atoms with Gasteiger partial charge in [0.15, 0.2) is 0 Å². The highest BCUT2D eigenvalue weighted by molar-refractivity contribution is 5.96. The molecule has 2 rings (SSSR count). The van der Waals surface area contributed by atoms with Crippen LogP contribution in [0.4, 0.5) is 5.69 Å². The quantitative estimate of drug-likeness (QED) is 0.642. The van der Waals surface area contributed by atoms with E-state index in [4.69, 9.17) is 5.41 Å². The number of nitrogens with zero attached hydrogens (tertiary/aromatic N) is 1. The van der Waals surface area contributed by atoms with Crippen molar-refractivity contribution in [2.75, 3.05) is 18.5 Å². The SMILES string of the molecule is CCC[C@H]1CCCCN1c1ccc(C(=N)NC)cc1. The maximum Gasteiger partial charge on any atom is 0.125 e. The van der Waals surface area contributed by atoms with Crippen molar-refractivity contribution in [3.8, 4) is 0 Å². The number of nitrogens with one attached hydrogen (secondary N) is 2. The Hall–Kier alpha value is -1.51. The number of piperidine rings is 1. The average Bonchev–Trinajstić information content (AvgIpc) is 2.47. The molecule has 3 nitrogen and oxygen atoms in total. The standard InChI is InChI=1S/C16H25N3/c1-3-6-14-7-4-5-12-19(14)15-10-8-13(9-11-15)16(17)18-2/h8-11,14H,3-7,12H2,1-2H3,(H2,17,18)/t14-/m0/s1. The molecule has 0 saturated carbocycles. The first-order valence-electron chi connectivity index (χ1n) is 7.39. The minimum Gasteiger partial charge on any atom is -0.373 e. The summed E-state index contributed by atoms with van der Waals surface area (Å²) in [5.41, 5.74) is 2.26. The van der Waals surface area contributed by atoms with Crippen LogP contribution in [-0.2, 0) is 0 Å². The van der Waals surface area contributed by atoms with Crippen molar-refractivity contribution in [2.45, 2.75) is 45.1 Å². The zero-order chi connectivity index (χ0) is 13.7. The van der Waals surface area contributed by atoms with Crippen molar-refractivity contribution in [1.29, 1.82) is 5.41 Å². The van der Waals surface area contributed by atoms with Gasteiger partial charge in [-0.05, 0) is 49.9 Å². The molecule has 0 spiro atoms. The van der Waals surface area contributed by atoms with Gasteiger partial charge in [-0.3, -0.25) is 5.41 Å². The second-order valence-electron chi connectivity index (χ2n) is 5.30. The molecular formula is C16H25N3. The van der Waals surface area contributed by atoms with Gasteiger partial charge in [0.05, 0.1) is 0 Å². The van der Waals surface area contributed by atoms with Crippen molar-refractivity contribution in [3.05, 3.63) is 29.8 Å². The van der Waals surface area contributed by atoms with E-state index < -0.39 is 0 Å². The minimum atomic E-state index is 0.482. The van der Waals surface area contributed by atoms with Crippen molar-refractivity contribution < 1.29 is 0 Å². The first-order chi connectivity index (χ1) is 9.26. The summed E-state index contributed by atoms with van der Waals surface area (Å²) in [5.74, 6) is 0.482. The Morgan fingerprint density at radius 2 is 2.05 bits per heavy atom. The highest BCUT2D eigenvalue weighted by Crippen LogP contribution is 2.27. The molecule has 0 amide bonds. The topological polar surface area (TPSA) is 39.1 Å². The van der Waals surface area contributed by atoms with Crippen molar-refractivity contribution >= 4 is 11.5 Å². The van der Waals surface area contributed by atoms with Crippen LogP contribution in [0.15, 0.2) is 24.3 Å². The molecule has 0 aromatic heterocycles. The lowest BCUT2D eigenvalue weighted by Crippen LogP contribution is -2.39. The highest BCUT2D eigenvalue weighted by Gasteiger charge is 2.21. The Morgan fingerprint density at radius 1 is 1.32 bits per heavy atom. The second kappa shape index (κ2) is 6.60. The van der Waals surface area contributed by atoms with E-state index in [9.17, 15) is 0 Å². The molecule has 104 valence electrons.